The molecule has 0 heterocycles. The van der Waals surface area contributed by atoms with Crippen molar-refractivity contribution in [2.75, 3.05) is 24.6 Å². The van der Waals surface area contributed by atoms with Crippen molar-refractivity contribution >= 4 is 20.0 Å². The molecule has 0 fully saturated rings. The van der Waals surface area contributed by atoms with Crippen LogP contribution in [0.25, 0.3) is 0 Å². The topological polar surface area (TPSA) is 92.3 Å². The first kappa shape index (κ1) is 21.1. The molecule has 2 N–H and O–H groups in total. The molecule has 6 nitrogen and oxygen atoms in total. The Bertz CT molecular complexity index is 622. The van der Waals surface area contributed by atoms with Gasteiger partial charge >= 0.3 is 0 Å². The minimum absolute atomic E-state index is 0.153. The van der Waals surface area contributed by atoms with Gasteiger partial charge in [0.25, 0.3) is 0 Å². The highest BCUT2D eigenvalue weighted by Crippen LogP contribution is 2.06. The molecule has 0 atom stereocenters. The molecule has 0 unspecified atom stereocenters. The summed E-state index contributed by atoms with van der Waals surface area (Å²) in [5, 5.41) is 0. The van der Waals surface area contributed by atoms with Crippen LogP contribution in [0, 0.1) is 0 Å². The monoisotopic (exact) mass is 376 g/mol. The molecule has 0 bridgehead atoms. The van der Waals surface area contributed by atoms with Gasteiger partial charge in [-0.1, -0.05) is 38.1 Å². The Morgan fingerprint density at radius 3 is 1.33 bits per heavy atom. The van der Waals surface area contributed by atoms with E-state index in [0.29, 0.717) is 38.8 Å². The summed E-state index contributed by atoms with van der Waals surface area (Å²) in [7, 11) is -6.31. The fourth-order valence-electron chi connectivity index (χ4n) is 2.26. The van der Waals surface area contributed by atoms with Gasteiger partial charge in [-0.2, -0.15) is 0 Å². The van der Waals surface area contributed by atoms with Crippen molar-refractivity contribution in [2.24, 2.45) is 0 Å². The van der Waals surface area contributed by atoms with E-state index in [-0.39, 0.29) is 11.5 Å². The summed E-state index contributed by atoms with van der Waals surface area (Å²) in [4.78, 5) is 0. The average molecular weight is 377 g/mol. The van der Waals surface area contributed by atoms with Crippen LogP contribution in [0.3, 0.4) is 0 Å². The van der Waals surface area contributed by atoms with Crippen molar-refractivity contribution in [3.05, 3.63) is 35.4 Å². The summed E-state index contributed by atoms with van der Waals surface area (Å²) in [5.74, 6) is 0.305. The van der Waals surface area contributed by atoms with E-state index in [1.165, 1.54) is 0 Å². The first-order valence-corrected chi connectivity index (χ1v) is 11.6. The second-order valence-corrected chi connectivity index (χ2v) is 9.60. The molecular formula is C16H28N2O4S2. The second-order valence-electron chi connectivity index (χ2n) is 5.74. The summed E-state index contributed by atoms with van der Waals surface area (Å²) >= 11 is 0. The van der Waals surface area contributed by atoms with Crippen molar-refractivity contribution in [3.8, 4) is 0 Å². The van der Waals surface area contributed by atoms with Gasteiger partial charge in [0, 0.05) is 13.1 Å². The molecule has 24 heavy (non-hydrogen) atoms. The number of sulfonamides is 2. The van der Waals surface area contributed by atoms with E-state index in [4.69, 9.17) is 0 Å². The maximum Gasteiger partial charge on any atom is 0.211 e. The zero-order valence-corrected chi connectivity index (χ0v) is 16.0. The Morgan fingerprint density at radius 1 is 0.708 bits per heavy atom. The molecule has 1 aromatic carbocycles. The smallest absolute Gasteiger partial charge is 0.211 e. The van der Waals surface area contributed by atoms with Crippen LogP contribution in [-0.2, 0) is 32.9 Å². The summed E-state index contributed by atoms with van der Waals surface area (Å²) in [6, 6.07) is 7.79. The van der Waals surface area contributed by atoms with Gasteiger partial charge in [-0.05, 0) is 36.8 Å². The van der Waals surface area contributed by atoms with Crippen LogP contribution >= 0.6 is 0 Å². The molecule has 0 spiro atoms. The largest absolute Gasteiger partial charge is 0.215 e. The minimum atomic E-state index is -3.16. The highest BCUT2D eigenvalue weighted by molar-refractivity contribution is 7.89. The standard InChI is InChI=1S/C16H28N2O4S2/c1-3-13-23(19,20)17-11-9-15-5-7-16(8-6-15)10-12-18-24(21,22)14-4-2/h5-8,17-18H,3-4,9-14H2,1-2H3. The van der Waals surface area contributed by atoms with Gasteiger partial charge in [0.05, 0.1) is 11.5 Å². The highest BCUT2D eigenvalue weighted by Gasteiger charge is 2.08. The van der Waals surface area contributed by atoms with Crippen molar-refractivity contribution in [1.82, 2.24) is 9.44 Å². The Balaban J connectivity index is 2.38. The predicted octanol–water partition coefficient (Wildman–Crippen LogP) is 1.43. The molecule has 0 saturated carbocycles. The Hall–Kier alpha value is -0.960. The average Bonchev–Trinajstić information content (AvgIpc) is 2.48. The first-order valence-electron chi connectivity index (χ1n) is 8.30. The molecule has 0 saturated heterocycles. The maximum atomic E-state index is 11.6. The number of hydrogen-bond acceptors (Lipinski definition) is 4. The van der Waals surface area contributed by atoms with Crippen LogP contribution in [0.5, 0.6) is 0 Å². The van der Waals surface area contributed by atoms with Crippen LogP contribution in [-0.4, -0.2) is 41.4 Å². The molecule has 0 aliphatic carbocycles. The normalized spacial score (nSPS) is 12.4. The van der Waals surface area contributed by atoms with Crippen molar-refractivity contribution in [3.63, 3.8) is 0 Å². The lowest BCUT2D eigenvalue weighted by Crippen LogP contribution is -2.28. The van der Waals surface area contributed by atoms with E-state index in [1.54, 1.807) is 0 Å². The van der Waals surface area contributed by atoms with Crippen molar-refractivity contribution in [2.45, 2.75) is 39.5 Å². The molecular weight excluding hydrogens is 348 g/mol. The Kier molecular flexibility index (Phi) is 8.90. The number of nitrogens with one attached hydrogen (secondary N) is 2. The summed E-state index contributed by atoms with van der Waals surface area (Å²) < 4.78 is 51.4. The Morgan fingerprint density at radius 2 is 1.04 bits per heavy atom. The fourth-order valence-corrected chi connectivity index (χ4v) is 4.45. The lowest BCUT2D eigenvalue weighted by molar-refractivity contribution is 0.578. The van der Waals surface area contributed by atoms with Crippen LogP contribution < -0.4 is 9.44 Å². The third kappa shape index (κ3) is 8.77. The molecule has 1 rings (SSSR count). The quantitative estimate of drug-likeness (QED) is 0.577. The minimum Gasteiger partial charge on any atom is -0.215 e. The van der Waals surface area contributed by atoms with E-state index in [0.717, 1.165) is 11.1 Å². The maximum absolute atomic E-state index is 11.6. The number of hydrogen-bond donors (Lipinski definition) is 2. The van der Waals surface area contributed by atoms with Gasteiger partial charge < -0.3 is 0 Å². The number of rotatable bonds is 12. The Labute approximate surface area is 146 Å². The summed E-state index contributed by atoms with van der Waals surface area (Å²) in [5.41, 5.74) is 2.09. The molecule has 0 amide bonds. The number of benzene rings is 1. The molecule has 0 aliphatic heterocycles. The van der Waals surface area contributed by atoms with Gasteiger partial charge in [-0.15, -0.1) is 0 Å². The second kappa shape index (κ2) is 10.1. The zero-order chi connectivity index (χ0) is 18.1. The lowest BCUT2D eigenvalue weighted by Gasteiger charge is -2.08. The van der Waals surface area contributed by atoms with E-state index in [1.807, 2.05) is 38.1 Å². The predicted molar refractivity (Wildman–Crippen MR) is 98.0 cm³/mol. The van der Waals surface area contributed by atoms with E-state index < -0.39 is 20.0 Å². The lowest BCUT2D eigenvalue weighted by atomic mass is 10.1. The highest BCUT2D eigenvalue weighted by atomic mass is 32.2. The van der Waals surface area contributed by atoms with Gasteiger partial charge in [-0.25, -0.2) is 26.3 Å². The fraction of sp³-hybridized carbons (Fsp3) is 0.625. The van der Waals surface area contributed by atoms with E-state index in [2.05, 4.69) is 9.44 Å². The van der Waals surface area contributed by atoms with Gasteiger partial charge in [0.2, 0.25) is 20.0 Å². The zero-order valence-electron chi connectivity index (χ0n) is 14.4. The van der Waals surface area contributed by atoms with Gasteiger partial charge in [0.1, 0.15) is 0 Å². The van der Waals surface area contributed by atoms with Crippen LogP contribution in [0.1, 0.15) is 37.8 Å². The molecule has 138 valence electrons. The third-order valence-corrected chi connectivity index (χ3v) is 6.62. The molecule has 0 radical (unpaired) electrons. The first-order chi connectivity index (χ1) is 11.3. The van der Waals surface area contributed by atoms with Crippen LogP contribution in [0.15, 0.2) is 24.3 Å². The van der Waals surface area contributed by atoms with E-state index in [9.17, 15) is 16.8 Å². The SMILES string of the molecule is CCCS(=O)(=O)NCCc1ccc(CCNS(=O)(=O)CCC)cc1. The molecule has 0 aliphatic rings. The summed E-state index contributed by atoms with van der Waals surface area (Å²) in [6.45, 7) is 4.44. The van der Waals surface area contributed by atoms with Crippen LogP contribution in [0.4, 0.5) is 0 Å². The molecule has 8 heteroatoms. The third-order valence-electron chi connectivity index (χ3n) is 3.44. The molecule has 0 aromatic heterocycles. The van der Waals surface area contributed by atoms with Gasteiger partial charge in [-0.3, -0.25) is 0 Å². The van der Waals surface area contributed by atoms with Crippen LogP contribution in [0.2, 0.25) is 0 Å². The van der Waals surface area contributed by atoms with Crippen molar-refractivity contribution < 1.29 is 16.8 Å². The summed E-state index contributed by atoms with van der Waals surface area (Å²) in [6.07, 6.45) is 2.47. The molecule has 1 aromatic rings. The van der Waals surface area contributed by atoms with E-state index >= 15 is 0 Å². The van der Waals surface area contributed by atoms with Gasteiger partial charge in [0.15, 0.2) is 0 Å². The van der Waals surface area contributed by atoms with Crippen molar-refractivity contribution in [1.29, 1.82) is 0 Å².